The van der Waals surface area contributed by atoms with Gasteiger partial charge in [0.1, 0.15) is 0 Å². The van der Waals surface area contributed by atoms with Crippen molar-refractivity contribution in [3.05, 3.63) is 53.7 Å². The number of nitrogens with zero attached hydrogens (tertiary/aromatic N) is 1. The van der Waals surface area contributed by atoms with E-state index < -0.39 is 0 Å². The third-order valence-electron chi connectivity index (χ3n) is 4.96. The number of aromatic nitrogens is 1. The molecule has 0 N–H and O–H groups in total. The summed E-state index contributed by atoms with van der Waals surface area (Å²) in [6.45, 7) is 4.53. The Hall–Kier alpha value is -1.63. The van der Waals surface area contributed by atoms with Gasteiger partial charge >= 0.3 is 0 Å². The third kappa shape index (κ3) is 7.42. The summed E-state index contributed by atoms with van der Waals surface area (Å²) < 4.78 is 0. The largest absolute Gasteiger partial charge is 0.256 e. The van der Waals surface area contributed by atoms with E-state index in [4.69, 9.17) is 0 Å². The highest BCUT2D eigenvalue weighted by atomic mass is 14.7. The maximum Gasteiger partial charge on any atom is 0.0702 e. The molecule has 0 fully saturated rings. The molecule has 2 aromatic rings. The first-order chi connectivity index (χ1) is 12.3. The summed E-state index contributed by atoms with van der Waals surface area (Å²) in [5.74, 6) is 0. The van der Waals surface area contributed by atoms with Gasteiger partial charge in [-0.3, -0.25) is 4.98 Å². The zero-order valence-electron chi connectivity index (χ0n) is 16.3. The van der Waals surface area contributed by atoms with Crippen LogP contribution in [-0.4, -0.2) is 4.98 Å². The predicted molar refractivity (Wildman–Crippen MR) is 110 cm³/mol. The van der Waals surface area contributed by atoms with Crippen molar-refractivity contribution < 1.29 is 0 Å². The number of hydrogen-bond donors (Lipinski definition) is 0. The average Bonchev–Trinajstić information content (AvgIpc) is 2.66. The molecule has 1 aromatic heterocycles. The van der Waals surface area contributed by atoms with E-state index in [1.807, 2.05) is 0 Å². The van der Waals surface area contributed by atoms with Crippen molar-refractivity contribution in [2.45, 2.75) is 84.5 Å². The van der Waals surface area contributed by atoms with Gasteiger partial charge in [0.05, 0.1) is 5.69 Å². The third-order valence-corrected chi connectivity index (χ3v) is 4.96. The van der Waals surface area contributed by atoms with Crippen LogP contribution in [0.4, 0.5) is 0 Å². The Kier molecular flexibility index (Phi) is 9.33. The highest BCUT2D eigenvalue weighted by Gasteiger charge is 2.01. The monoisotopic (exact) mass is 337 g/mol. The van der Waals surface area contributed by atoms with Crippen LogP contribution in [0.5, 0.6) is 0 Å². The van der Waals surface area contributed by atoms with Crippen LogP contribution in [-0.2, 0) is 12.8 Å². The van der Waals surface area contributed by atoms with Crippen molar-refractivity contribution in [2.24, 2.45) is 0 Å². The van der Waals surface area contributed by atoms with Gasteiger partial charge in [-0.15, -0.1) is 0 Å². The van der Waals surface area contributed by atoms with Crippen LogP contribution in [0.15, 0.2) is 42.6 Å². The summed E-state index contributed by atoms with van der Waals surface area (Å²) in [4.78, 5) is 4.67. The molecule has 136 valence electrons. The number of aryl methyl sites for hydroxylation is 2. The minimum Gasteiger partial charge on any atom is -0.256 e. The zero-order valence-corrected chi connectivity index (χ0v) is 16.3. The highest BCUT2D eigenvalue weighted by Crippen LogP contribution is 2.19. The van der Waals surface area contributed by atoms with E-state index in [9.17, 15) is 0 Å². The van der Waals surface area contributed by atoms with Crippen molar-refractivity contribution in [2.75, 3.05) is 0 Å². The molecule has 0 spiro atoms. The summed E-state index contributed by atoms with van der Waals surface area (Å²) in [7, 11) is 0. The zero-order chi connectivity index (χ0) is 17.7. The molecule has 0 aliphatic carbocycles. The van der Waals surface area contributed by atoms with Crippen LogP contribution in [0.3, 0.4) is 0 Å². The summed E-state index contributed by atoms with van der Waals surface area (Å²) in [5.41, 5.74) is 5.13. The van der Waals surface area contributed by atoms with E-state index in [1.54, 1.807) is 0 Å². The Labute approximate surface area is 154 Å². The molecule has 0 bridgehead atoms. The van der Waals surface area contributed by atoms with Gasteiger partial charge in [0.15, 0.2) is 0 Å². The first-order valence-corrected chi connectivity index (χ1v) is 10.4. The van der Waals surface area contributed by atoms with Crippen molar-refractivity contribution in [1.29, 1.82) is 0 Å². The fraction of sp³-hybridized carbons (Fsp3) is 0.542. The molecule has 0 amide bonds. The molecular formula is C24H35N. The Bertz CT molecular complexity index is 568. The van der Waals surface area contributed by atoms with Gasteiger partial charge in [-0.25, -0.2) is 0 Å². The van der Waals surface area contributed by atoms with Crippen LogP contribution >= 0.6 is 0 Å². The molecule has 0 atom stereocenters. The Morgan fingerprint density at radius 2 is 1.16 bits per heavy atom. The van der Waals surface area contributed by atoms with Crippen LogP contribution in [0, 0.1) is 0 Å². The lowest BCUT2D eigenvalue weighted by Crippen LogP contribution is -1.90. The van der Waals surface area contributed by atoms with Crippen LogP contribution in [0.25, 0.3) is 11.3 Å². The lowest BCUT2D eigenvalue weighted by molar-refractivity contribution is 0.632. The minimum atomic E-state index is 1.09. The first kappa shape index (κ1) is 19.7. The molecule has 1 heteroatoms. The van der Waals surface area contributed by atoms with Crippen molar-refractivity contribution >= 4 is 0 Å². The lowest BCUT2D eigenvalue weighted by Gasteiger charge is -2.06. The Balaban J connectivity index is 1.80. The van der Waals surface area contributed by atoms with Crippen molar-refractivity contribution in [3.8, 4) is 11.3 Å². The second-order valence-corrected chi connectivity index (χ2v) is 7.22. The molecule has 0 saturated heterocycles. The van der Waals surface area contributed by atoms with Gasteiger partial charge in [0.2, 0.25) is 0 Å². The fourth-order valence-corrected chi connectivity index (χ4v) is 3.27. The summed E-state index contributed by atoms with van der Waals surface area (Å²) >= 11 is 0. The molecule has 0 radical (unpaired) electrons. The molecule has 1 heterocycles. The number of benzene rings is 1. The van der Waals surface area contributed by atoms with Crippen molar-refractivity contribution in [1.82, 2.24) is 4.98 Å². The van der Waals surface area contributed by atoms with Gasteiger partial charge < -0.3 is 0 Å². The molecule has 0 aliphatic heterocycles. The molecule has 1 nitrogen and oxygen atoms in total. The lowest BCUT2D eigenvalue weighted by atomic mass is 10.0. The molecular weight excluding hydrogens is 302 g/mol. The number of hydrogen-bond acceptors (Lipinski definition) is 1. The SMILES string of the molecule is CCCCCCCc1ccc(-c2ccc(CCCCCC)cn2)cc1. The second-order valence-electron chi connectivity index (χ2n) is 7.22. The Morgan fingerprint density at radius 3 is 1.76 bits per heavy atom. The van der Waals surface area contributed by atoms with E-state index in [0.29, 0.717) is 0 Å². The standard InChI is InChI=1S/C24H35N/c1-3-5-7-9-11-12-21-14-17-23(18-15-21)24-19-16-22(20-25-24)13-10-8-6-4-2/h14-20H,3-13H2,1-2H3. The maximum absolute atomic E-state index is 4.67. The van der Waals surface area contributed by atoms with Gasteiger partial charge in [0, 0.05) is 11.8 Å². The normalized spacial score (nSPS) is 11.0. The minimum absolute atomic E-state index is 1.09. The second kappa shape index (κ2) is 11.8. The van der Waals surface area contributed by atoms with E-state index in [0.717, 1.165) is 12.1 Å². The number of pyridine rings is 1. The number of rotatable bonds is 12. The average molecular weight is 338 g/mol. The topological polar surface area (TPSA) is 12.9 Å². The summed E-state index contributed by atoms with van der Waals surface area (Å²) in [5, 5.41) is 0. The molecule has 0 aliphatic rings. The van der Waals surface area contributed by atoms with E-state index >= 15 is 0 Å². The predicted octanol–water partition coefficient (Wildman–Crippen LogP) is 7.38. The van der Waals surface area contributed by atoms with Gasteiger partial charge in [-0.05, 0) is 42.9 Å². The van der Waals surface area contributed by atoms with Gasteiger partial charge in [0.25, 0.3) is 0 Å². The molecule has 0 unspecified atom stereocenters. The van der Waals surface area contributed by atoms with E-state index in [-0.39, 0.29) is 0 Å². The smallest absolute Gasteiger partial charge is 0.0702 e. The molecule has 0 saturated carbocycles. The van der Waals surface area contributed by atoms with Crippen molar-refractivity contribution in [3.63, 3.8) is 0 Å². The quantitative estimate of drug-likeness (QED) is 0.368. The van der Waals surface area contributed by atoms with Crippen LogP contribution < -0.4 is 0 Å². The van der Waals surface area contributed by atoms with E-state index in [1.165, 1.54) is 80.9 Å². The number of unbranched alkanes of at least 4 members (excludes halogenated alkanes) is 7. The highest BCUT2D eigenvalue weighted by molar-refractivity contribution is 5.59. The van der Waals surface area contributed by atoms with Gasteiger partial charge in [-0.2, -0.15) is 0 Å². The molecule has 25 heavy (non-hydrogen) atoms. The summed E-state index contributed by atoms with van der Waals surface area (Å²) in [6, 6.07) is 13.4. The van der Waals surface area contributed by atoms with E-state index in [2.05, 4.69) is 61.4 Å². The van der Waals surface area contributed by atoms with Crippen LogP contribution in [0.1, 0.15) is 82.8 Å². The first-order valence-electron chi connectivity index (χ1n) is 10.4. The fourth-order valence-electron chi connectivity index (χ4n) is 3.27. The molecule has 2 rings (SSSR count). The van der Waals surface area contributed by atoms with Gasteiger partial charge in [-0.1, -0.05) is 89.1 Å². The van der Waals surface area contributed by atoms with Crippen LogP contribution in [0.2, 0.25) is 0 Å². The summed E-state index contributed by atoms with van der Waals surface area (Å²) in [6.07, 6.45) is 16.4. The maximum atomic E-state index is 4.67. The Morgan fingerprint density at radius 1 is 0.600 bits per heavy atom. The molecule has 1 aromatic carbocycles.